The lowest BCUT2D eigenvalue weighted by molar-refractivity contribution is -0.118. The van der Waals surface area contributed by atoms with E-state index in [0.29, 0.717) is 5.02 Å². The average molecular weight is 390 g/mol. The van der Waals surface area contributed by atoms with Crippen LogP contribution >= 0.6 is 11.6 Å². The monoisotopic (exact) mass is 389 g/mol. The molecule has 6 nitrogen and oxygen atoms in total. The first-order valence-electron chi connectivity index (χ1n) is 7.78. The third-order valence-corrected chi connectivity index (χ3v) is 5.57. The molecule has 1 heterocycles. The summed E-state index contributed by atoms with van der Waals surface area (Å²) in [6, 6.07) is 15.0. The fraction of sp³-hybridized carbons (Fsp3) is 0.111. The van der Waals surface area contributed by atoms with Crippen LogP contribution in [-0.4, -0.2) is 29.9 Å². The standard InChI is InChI=1S/C18H16ClN3O3S/c19-15-4-8-17(9-5-15)26(24,25)13-18(23)20-12-14-2-6-16(7-3-14)22-11-1-10-21-22/h1-11H,12-13H2,(H,20,23). The van der Waals surface area contributed by atoms with Gasteiger partial charge in [-0.1, -0.05) is 23.7 Å². The highest BCUT2D eigenvalue weighted by molar-refractivity contribution is 7.92. The fourth-order valence-corrected chi connectivity index (χ4v) is 3.63. The van der Waals surface area contributed by atoms with Crippen LogP contribution in [0.15, 0.2) is 71.9 Å². The maximum Gasteiger partial charge on any atom is 0.235 e. The number of aromatic nitrogens is 2. The van der Waals surface area contributed by atoms with Crippen LogP contribution in [0.1, 0.15) is 5.56 Å². The van der Waals surface area contributed by atoms with E-state index in [0.717, 1.165) is 11.3 Å². The molecule has 3 rings (SSSR count). The normalized spacial score (nSPS) is 11.3. The predicted molar refractivity (Wildman–Crippen MR) is 98.9 cm³/mol. The largest absolute Gasteiger partial charge is 0.351 e. The van der Waals surface area contributed by atoms with Crippen LogP contribution in [0.5, 0.6) is 0 Å². The lowest BCUT2D eigenvalue weighted by Crippen LogP contribution is -2.29. The van der Waals surface area contributed by atoms with Crippen molar-refractivity contribution in [1.82, 2.24) is 15.1 Å². The molecule has 0 fully saturated rings. The van der Waals surface area contributed by atoms with Crippen LogP contribution < -0.4 is 5.32 Å². The van der Waals surface area contributed by atoms with Gasteiger partial charge in [-0.3, -0.25) is 4.79 Å². The smallest absolute Gasteiger partial charge is 0.235 e. The molecule has 26 heavy (non-hydrogen) atoms. The number of amides is 1. The van der Waals surface area contributed by atoms with Gasteiger partial charge in [0.15, 0.2) is 9.84 Å². The number of carbonyl (C=O) groups is 1. The van der Waals surface area contributed by atoms with E-state index in [9.17, 15) is 13.2 Å². The summed E-state index contributed by atoms with van der Waals surface area (Å²) < 4.78 is 26.2. The number of sulfone groups is 1. The fourth-order valence-electron chi connectivity index (χ4n) is 2.34. The summed E-state index contributed by atoms with van der Waals surface area (Å²) in [7, 11) is -3.70. The van der Waals surface area contributed by atoms with Crippen molar-refractivity contribution in [3.05, 3.63) is 77.6 Å². The molecule has 134 valence electrons. The summed E-state index contributed by atoms with van der Waals surface area (Å²) in [6.45, 7) is 0.244. The second-order valence-electron chi connectivity index (χ2n) is 5.61. The van der Waals surface area contributed by atoms with Crippen molar-refractivity contribution in [3.8, 4) is 5.69 Å². The number of halogens is 1. The predicted octanol–water partition coefficient (Wildman–Crippen LogP) is 2.62. The Morgan fingerprint density at radius 2 is 1.77 bits per heavy atom. The van der Waals surface area contributed by atoms with E-state index in [1.165, 1.54) is 24.3 Å². The number of hydrogen-bond donors (Lipinski definition) is 1. The highest BCUT2D eigenvalue weighted by Gasteiger charge is 2.19. The van der Waals surface area contributed by atoms with Crippen molar-refractivity contribution in [2.45, 2.75) is 11.4 Å². The molecule has 1 N–H and O–H groups in total. The molecule has 1 amide bonds. The maximum absolute atomic E-state index is 12.2. The van der Waals surface area contributed by atoms with Gasteiger partial charge in [0, 0.05) is 24.0 Å². The molecule has 0 saturated heterocycles. The Morgan fingerprint density at radius 1 is 1.08 bits per heavy atom. The molecule has 0 aliphatic heterocycles. The van der Waals surface area contributed by atoms with Gasteiger partial charge in [0.1, 0.15) is 5.75 Å². The van der Waals surface area contributed by atoms with Crippen LogP contribution in [0.25, 0.3) is 5.69 Å². The van der Waals surface area contributed by atoms with E-state index < -0.39 is 21.5 Å². The Kier molecular flexibility index (Phi) is 5.39. The van der Waals surface area contributed by atoms with Crippen molar-refractivity contribution < 1.29 is 13.2 Å². The Balaban J connectivity index is 1.57. The minimum atomic E-state index is -3.70. The van der Waals surface area contributed by atoms with Crippen LogP contribution in [0.3, 0.4) is 0 Å². The summed E-state index contributed by atoms with van der Waals surface area (Å²) in [5.41, 5.74) is 1.76. The van der Waals surface area contributed by atoms with Crippen LogP contribution in [0, 0.1) is 0 Å². The van der Waals surface area contributed by atoms with Crippen molar-refractivity contribution >= 4 is 27.3 Å². The van der Waals surface area contributed by atoms with Gasteiger partial charge in [-0.15, -0.1) is 0 Å². The number of benzene rings is 2. The second kappa shape index (κ2) is 7.72. The minimum Gasteiger partial charge on any atom is -0.351 e. The highest BCUT2D eigenvalue weighted by atomic mass is 35.5. The van der Waals surface area contributed by atoms with E-state index >= 15 is 0 Å². The van der Waals surface area contributed by atoms with Gasteiger partial charge in [-0.2, -0.15) is 5.10 Å². The quantitative estimate of drug-likeness (QED) is 0.702. The molecule has 0 bridgehead atoms. The Labute approximate surface area is 156 Å². The summed E-state index contributed by atoms with van der Waals surface area (Å²) >= 11 is 5.75. The van der Waals surface area contributed by atoms with Crippen molar-refractivity contribution in [3.63, 3.8) is 0 Å². The first-order valence-corrected chi connectivity index (χ1v) is 9.81. The minimum absolute atomic E-state index is 0.0700. The molecule has 8 heteroatoms. The summed E-state index contributed by atoms with van der Waals surface area (Å²) in [6.07, 6.45) is 3.52. The Bertz CT molecular complexity index is 983. The maximum atomic E-state index is 12.2. The molecule has 1 aromatic heterocycles. The summed E-state index contributed by atoms with van der Waals surface area (Å²) in [4.78, 5) is 12.1. The highest BCUT2D eigenvalue weighted by Crippen LogP contribution is 2.15. The number of carbonyl (C=O) groups excluding carboxylic acids is 1. The first-order chi connectivity index (χ1) is 12.4. The van der Waals surface area contributed by atoms with Crippen molar-refractivity contribution in [2.24, 2.45) is 0 Å². The van der Waals surface area contributed by atoms with Crippen LogP contribution in [0.2, 0.25) is 5.02 Å². The molecule has 0 spiro atoms. The molecular formula is C18H16ClN3O3S. The van der Waals surface area contributed by atoms with Crippen LogP contribution in [-0.2, 0) is 21.2 Å². The van der Waals surface area contributed by atoms with Gasteiger partial charge in [0.2, 0.25) is 5.91 Å². The molecule has 0 unspecified atom stereocenters. The van der Waals surface area contributed by atoms with Gasteiger partial charge in [-0.25, -0.2) is 13.1 Å². The molecular weight excluding hydrogens is 374 g/mol. The number of nitrogens with zero attached hydrogens (tertiary/aromatic N) is 2. The molecule has 2 aromatic carbocycles. The lowest BCUT2D eigenvalue weighted by Gasteiger charge is -2.08. The SMILES string of the molecule is O=C(CS(=O)(=O)c1ccc(Cl)cc1)NCc1ccc(-n2cccn2)cc1. The third-order valence-electron chi connectivity index (χ3n) is 3.69. The van der Waals surface area contributed by atoms with Gasteiger partial charge in [0.05, 0.1) is 10.6 Å². The zero-order chi connectivity index (χ0) is 18.6. The van der Waals surface area contributed by atoms with Gasteiger partial charge >= 0.3 is 0 Å². The molecule has 3 aromatic rings. The van der Waals surface area contributed by atoms with E-state index in [4.69, 9.17) is 11.6 Å². The Morgan fingerprint density at radius 3 is 2.38 bits per heavy atom. The van der Waals surface area contributed by atoms with E-state index in [2.05, 4.69) is 10.4 Å². The molecule has 0 saturated carbocycles. The number of rotatable bonds is 6. The van der Waals surface area contributed by atoms with E-state index in [-0.39, 0.29) is 11.4 Å². The van der Waals surface area contributed by atoms with Gasteiger partial charge in [0.25, 0.3) is 0 Å². The zero-order valence-corrected chi connectivity index (χ0v) is 15.2. The van der Waals surface area contributed by atoms with Crippen LogP contribution in [0.4, 0.5) is 0 Å². The van der Waals surface area contributed by atoms with Crippen molar-refractivity contribution in [1.29, 1.82) is 0 Å². The molecule has 0 aliphatic rings. The topological polar surface area (TPSA) is 81.1 Å². The van der Waals surface area contributed by atoms with Crippen molar-refractivity contribution in [2.75, 3.05) is 5.75 Å². The Hall–Kier alpha value is -2.64. The molecule has 0 aliphatic carbocycles. The summed E-state index contributed by atoms with van der Waals surface area (Å²) in [5.74, 6) is -1.17. The third kappa shape index (κ3) is 4.50. The summed E-state index contributed by atoms with van der Waals surface area (Å²) in [5, 5.41) is 7.20. The molecule has 0 radical (unpaired) electrons. The average Bonchev–Trinajstić information content (AvgIpc) is 3.15. The van der Waals surface area contributed by atoms with E-state index in [1.54, 1.807) is 10.9 Å². The number of nitrogens with one attached hydrogen (secondary N) is 1. The second-order valence-corrected chi connectivity index (χ2v) is 8.03. The number of hydrogen-bond acceptors (Lipinski definition) is 4. The lowest BCUT2D eigenvalue weighted by atomic mass is 10.2. The first kappa shape index (κ1) is 18.2. The zero-order valence-electron chi connectivity index (χ0n) is 13.7. The van der Waals surface area contributed by atoms with Gasteiger partial charge < -0.3 is 5.32 Å². The van der Waals surface area contributed by atoms with E-state index in [1.807, 2.05) is 36.5 Å². The van der Waals surface area contributed by atoms with Gasteiger partial charge in [-0.05, 0) is 48.0 Å². The molecule has 0 atom stereocenters.